The number of carbonyl (C=O) groups excluding carboxylic acids is 3. The normalized spacial score (nSPS) is 16.0. The van der Waals surface area contributed by atoms with E-state index >= 15 is 0 Å². The largest absolute Gasteiger partial charge is 0.493 e. The molecule has 27 heavy (non-hydrogen) atoms. The van der Waals surface area contributed by atoms with Crippen molar-refractivity contribution in [1.29, 1.82) is 0 Å². The highest BCUT2D eigenvalue weighted by molar-refractivity contribution is 6.05. The van der Waals surface area contributed by atoms with Crippen LogP contribution in [0.3, 0.4) is 0 Å². The minimum Gasteiger partial charge on any atom is -0.493 e. The van der Waals surface area contributed by atoms with Crippen molar-refractivity contribution in [2.75, 3.05) is 39.2 Å². The Labute approximate surface area is 158 Å². The molecule has 2 aliphatic rings. The molecule has 0 unspecified atom stereocenters. The lowest BCUT2D eigenvalue weighted by Crippen LogP contribution is -2.34. The molecule has 1 saturated heterocycles. The first-order valence-electron chi connectivity index (χ1n) is 9.16. The van der Waals surface area contributed by atoms with E-state index in [-0.39, 0.29) is 24.3 Å². The molecule has 8 nitrogen and oxygen atoms in total. The molecule has 146 valence electrons. The van der Waals surface area contributed by atoms with E-state index in [9.17, 15) is 14.4 Å². The Morgan fingerprint density at radius 2 is 1.70 bits per heavy atom. The molecule has 2 N–H and O–H groups in total. The minimum absolute atomic E-state index is 0.0335. The Kier molecular flexibility index (Phi) is 5.83. The fraction of sp³-hybridized carbons (Fsp3) is 0.526. The quantitative estimate of drug-likeness (QED) is 0.751. The van der Waals surface area contributed by atoms with Gasteiger partial charge in [0.1, 0.15) is 0 Å². The van der Waals surface area contributed by atoms with Crippen LogP contribution in [0.15, 0.2) is 12.1 Å². The second-order valence-electron chi connectivity index (χ2n) is 6.79. The fourth-order valence-corrected chi connectivity index (χ4v) is 3.10. The first kappa shape index (κ1) is 19.0. The standard InChI is InChI=1S/C19H25N3O5/c1-26-15-9-13(19(25)22-7-3-4-8-22)14(10-16(15)27-2)21-17(23)11-20-18(24)12-5-6-12/h9-10,12H,3-8,11H2,1-2H3,(H,20,24)(H,21,23). The Balaban J connectivity index is 1.78. The summed E-state index contributed by atoms with van der Waals surface area (Å²) < 4.78 is 10.6. The predicted molar refractivity (Wildman–Crippen MR) is 99.0 cm³/mol. The van der Waals surface area contributed by atoms with Crippen LogP contribution < -0.4 is 20.1 Å². The number of ether oxygens (including phenoxy) is 2. The van der Waals surface area contributed by atoms with Gasteiger partial charge in [0.25, 0.3) is 5.91 Å². The monoisotopic (exact) mass is 375 g/mol. The number of likely N-dealkylation sites (tertiary alicyclic amines) is 1. The van der Waals surface area contributed by atoms with Gasteiger partial charge >= 0.3 is 0 Å². The van der Waals surface area contributed by atoms with Gasteiger partial charge in [-0.15, -0.1) is 0 Å². The summed E-state index contributed by atoms with van der Waals surface area (Å²) in [6.45, 7) is 1.25. The Bertz CT molecular complexity index is 739. The highest BCUT2D eigenvalue weighted by Gasteiger charge is 2.30. The molecule has 8 heteroatoms. The van der Waals surface area contributed by atoms with Crippen molar-refractivity contribution in [2.45, 2.75) is 25.7 Å². The molecule has 0 radical (unpaired) electrons. The van der Waals surface area contributed by atoms with Crippen LogP contribution in [-0.4, -0.2) is 56.5 Å². The van der Waals surface area contributed by atoms with E-state index in [1.54, 1.807) is 17.0 Å². The number of nitrogens with one attached hydrogen (secondary N) is 2. The van der Waals surface area contributed by atoms with E-state index in [0.29, 0.717) is 35.8 Å². The first-order chi connectivity index (χ1) is 13.0. The van der Waals surface area contributed by atoms with Gasteiger partial charge < -0.3 is 25.0 Å². The molecule has 0 aromatic heterocycles. The molecule has 2 fully saturated rings. The van der Waals surface area contributed by atoms with Crippen molar-refractivity contribution >= 4 is 23.4 Å². The summed E-state index contributed by atoms with van der Waals surface area (Å²) in [6.07, 6.45) is 3.68. The summed E-state index contributed by atoms with van der Waals surface area (Å²) >= 11 is 0. The summed E-state index contributed by atoms with van der Waals surface area (Å²) in [5, 5.41) is 5.34. The molecule has 3 rings (SSSR count). The third kappa shape index (κ3) is 4.50. The van der Waals surface area contributed by atoms with Gasteiger partial charge in [-0.3, -0.25) is 14.4 Å². The van der Waals surface area contributed by atoms with Crippen LogP contribution in [-0.2, 0) is 9.59 Å². The van der Waals surface area contributed by atoms with Gasteiger partial charge in [-0.25, -0.2) is 0 Å². The van der Waals surface area contributed by atoms with Crippen LogP contribution in [0.1, 0.15) is 36.0 Å². The third-order valence-electron chi connectivity index (χ3n) is 4.79. The number of anilines is 1. The smallest absolute Gasteiger partial charge is 0.256 e. The van der Waals surface area contributed by atoms with E-state index in [1.165, 1.54) is 14.2 Å². The lowest BCUT2D eigenvalue weighted by molar-refractivity contribution is -0.125. The molecule has 1 aromatic rings. The number of methoxy groups -OCH3 is 2. The predicted octanol–water partition coefficient (Wildman–Crippen LogP) is 1.40. The van der Waals surface area contributed by atoms with E-state index in [1.807, 2.05) is 0 Å². The molecule has 0 spiro atoms. The van der Waals surface area contributed by atoms with Crippen molar-refractivity contribution in [3.63, 3.8) is 0 Å². The topological polar surface area (TPSA) is 97.0 Å². The molecule has 3 amide bonds. The van der Waals surface area contributed by atoms with Gasteiger partial charge in [-0.05, 0) is 31.7 Å². The number of hydrogen-bond acceptors (Lipinski definition) is 5. The maximum atomic E-state index is 12.9. The highest BCUT2D eigenvalue weighted by atomic mass is 16.5. The van der Waals surface area contributed by atoms with Crippen LogP contribution in [0.5, 0.6) is 11.5 Å². The molecular weight excluding hydrogens is 350 g/mol. The molecule has 0 bridgehead atoms. The van der Waals surface area contributed by atoms with Gasteiger partial charge in [0.2, 0.25) is 11.8 Å². The molecule has 0 atom stereocenters. The van der Waals surface area contributed by atoms with Gasteiger partial charge in [0.05, 0.1) is 32.0 Å². The van der Waals surface area contributed by atoms with Gasteiger partial charge in [0, 0.05) is 25.1 Å². The average molecular weight is 375 g/mol. The second-order valence-corrected chi connectivity index (χ2v) is 6.79. The van der Waals surface area contributed by atoms with Crippen LogP contribution in [0.2, 0.25) is 0 Å². The summed E-state index contributed by atoms with van der Waals surface area (Å²) in [5.41, 5.74) is 0.687. The highest BCUT2D eigenvalue weighted by Crippen LogP contribution is 2.34. The Morgan fingerprint density at radius 1 is 1.07 bits per heavy atom. The van der Waals surface area contributed by atoms with Crippen LogP contribution >= 0.6 is 0 Å². The summed E-state index contributed by atoms with van der Waals surface area (Å²) in [5.74, 6) is 0.197. The Morgan fingerprint density at radius 3 is 2.30 bits per heavy atom. The number of carbonyl (C=O) groups is 3. The van der Waals surface area contributed by atoms with Gasteiger partial charge in [-0.2, -0.15) is 0 Å². The fourth-order valence-electron chi connectivity index (χ4n) is 3.10. The van der Waals surface area contributed by atoms with Crippen molar-refractivity contribution in [1.82, 2.24) is 10.2 Å². The zero-order chi connectivity index (χ0) is 19.4. The van der Waals surface area contributed by atoms with Crippen molar-refractivity contribution in [2.24, 2.45) is 5.92 Å². The number of amides is 3. The molecule has 1 aliphatic carbocycles. The number of hydrogen-bond donors (Lipinski definition) is 2. The molecular formula is C19H25N3O5. The van der Waals surface area contributed by atoms with E-state index in [2.05, 4.69) is 10.6 Å². The van der Waals surface area contributed by atoms with Crippen LogP contribution in [0, 0.1) is 5.92 Å². The number of benzene rings is 1. The van der Waals surface area contributed by atoms with Gasteiger partial charge in [0.15, 0.2) is 11.5 Å². The minimum atomic E-state index is -0.397. The zero-order valence-corrected chi connectivity index (χ0v) is 15.7. The van der Waals surface area contributed by atoms with E-state index < -0.39 is 5.91 Å². The maximum Gasteiger partial charge on any atom is 0.256 e. The maximum absolute atomic E-state index is 12.9. The average Bonchev–Trinajstić information content (AvgIpc) is 3.39. The molecule has 1 aromatic carbocycles. The van der Waals surface area contributed by atoms with E-state index in [0.717, 1.165) is 25.7 Å². The van der Waals surface area contributed by atoms with Crippen molar-refractivity contribution < 1.29 is 23.9 Å². The lowest BCUT2D eigenvalue weighted by atomic mass is 10.1. The molecule has 1 heterocycles. The van der Waals surface area contributed by atoms with Crippen molar-refractivity contribution in [3.05, 3.63) is 17.7 Å². The summed E-state index contributed by atoms with van der Waals surface area (Å²) in [6, 6.07) is 3.15. The molecule has 1 saturated carbocycles. The summed E-state index contributed by atoms with van der Waals surface area (Å²) in [7, 11) is 2.98. The van der Waals surface area contributed by atoms with Crippen LogP contribution in [0.4, 0.5) is 5.69 Å². The first-order valence-corrected chi connectivity index (χ1v) is 9.16. The van der Waals surface area contributed by atoms with Gasteiger partial charge in [-0.1, -0.05) is 0 Å². The van der Waals surface area contributed by atoms with E-state index in [4.69, 9.17) is 9.47 Å². The van der Waals surface area contributed by atoms with Crippen molar-refractivity contribution in [3.8, 4) is 11.5 Å². The Hall–Kier alpha value is -2.77. The summed E-state index contributed by atoms with van der Waals surface area (Å²) in [4.78, 5) is 38.6. The SMILES string of the molecule is COc1cc(NC(=O)CNC(=O)C2CC2)c(C(=O)N2CCCC2)cc1OC. The number of rotatable bonds is 7. The molecule has 1 aliphatic heterocycles. The lowest BCUT2D eigenvalue weighted by Gasteiger charge is -2.20. The van der Waals surface area contributed by atoms with Crippen LogP contribution in [0.25, 0.3) is 0 Å². The number of nitrogens with zero attached hydrogens (tertiary/aromatic N) is 1. The third-order valence-corrected chi connectivity index (χ3v) is 4.79. The second kappa shape index (κ2) is 8.28. The zero-order valence-electron chi connectivity index (χ0n) is 15.7.